The average molecular weight is 270 g/mol. The maximum absolute atomic E-state index is 9.59. The Morgan fingerprint density at radius 1 is 1.32 bits per heavy atom. The second-order valence-corrected chi connectivity index (χ2v) is 6.86. The molecular formula is C16H34N2O. The molecule has 0 radical (unpaired) electrons. The highest BCUT2D eigenvalue weighted by atomic mass is 16.3. The summed E-state index contributed by atoms with van der Waals surface area (Å²) >= 11 is 0. The number of nitrogens with zero attached hydrogens (tertiary/aromatic N) is 1. The third-order valence-corrected chi connectivity index (χ3v) is 4.35. The van der Waals surface area contributed by atoms with Crippen molar-refractivity contribution < 1.29 is 5.11 Å². The fourth-order valence-corrected chi connectivity index (χ4v) is 3.23. The van der Waals surface area contributed by atoms with Crippen molar-refractivity contribution in [1.29, 1.82) is 0 Å². The Bertz CT molecular complexity index is 245. The van der Waals surface area contributed by atoms with Crippen molar-refractivity contribution in [2.24, 2.45) is 0 Å². The van der Waals surface area contributed by atoms with E-state index in [0.29, 0.717) is 6.04 Å². The second kappa shape index (κ2) is 8.23. The maximum atomic E-state index is 9.59. The summed E-state index contributed by atoms with van der Waals surface area (Å²) in [6, 6.07) is 1.16. The van der Waals surface area contributed by atoms with E-state index >= 15 is 0 Å². The van der Waals surface area contributed by atoms with Crippen LogP contribution in [0.2, 0.25) is 0 Å². The predicted octanol–water partition coefficient (Wildman–Crippen LogP) is 2.78. The van der Waals surface area contributed by atoms with Crippen molar-refractivity contribution in [3.8, 4) is 0 Å². The summed E-state index contributed by atoms with van der Waals surface area (Å²) in [6.07, 6.45) is 7.70. The maximum Gasteiger partial charge on any atom is 0.0610 e. The first-order valence-corrected chi connectivity index (χ1v) is 8.09. The van der Waals surface area contributed by atoms with Crippen LogP contribution in [0.25, 0.3) is 0 Å². The van der Waals surface area contributed by atoms with Crippen LogP contribution >= 0.6 is 0 Å². The molecule has 0 bridgehead atoms. The van der Waals surface area contributed by atoms with E-state index in [1.54, 1.807) is 0 Å². The number of likely N-dealkylation sites (tertiary alicyclic amines) is 1. The fraction of sp³-hybridized carbons (Fsp3) is 1.00. The molecule has 2 N–H and O–H groups in total. The third-order valence-electron chi connectivity index (χ3n) is 4.35. The molecule has 1 heterocycles. The van der Waals surface area contributed by atoms with Gasteiger partial charge in [0, 0.05) is 17.6 Å². The lowest BCUT2D eigenvalue weighted by Crippen LogP contribution is -2.49. The molecule has 3 heteroatoms. The molecule has 0 aliphatic carbocycles. The molecule has 1 rings (SSSR count). The Morgan fingerprint density at radius 2 is 2.05 bits per heavy atom. The van der Waals surface area contributed by atoms with E-state index in [9.17, 15) is 5.11 Å². The van der Waals surface area contributed by atoms with Crippen LogP contribution in [0.3, 0.4) is 0 Å². The van der Waals surface area contributed by atoms with Crippen molar-refractivity contribution in [2.45, 2.75) is 83.8 Å². The van der Waals surface area contributed by atoms with Gasteiger partial charge in [-0.25, -0.2) is 0 Å². The topological polar surface area (TPSA) is 35.5 Å². The van der Waals surface area contributed by atoms with Crippen LogP contribution in [0, 0.1) is 0 Å². The zero-order chi connectivity index (χ0) is 14.3. The number of aliphatic hydroxyl groups is 1. The van der Waals surface area contributed by atoms with Crippen LogP contribution in [-0.2, 0) is 0 Å². The first-order chi connectivity index (χ1) is 8.97. The monoisotopic (exact) mass is 270 g/mol. The van der Waals surface area contributed by atoms with E-state index in [1.807, 2.05) is 0 Å². The fourth-order valence-electron chi connectivity index (χ4n) is 3.23. The lowest BCUT2D eigenvalue weighted by molar-refractivity contribution is 0.142. The summed E-state index contributed by atoms with van der Waals surface area (Å²) in [7, 11) is 0. The van der Waals surface area contributed by atoms with Gasteiger partial charge in [-0.1, -0.05) is 26.7 Å². The van der Waals surface area contributed by atoms with Gasteiger partial charge in [-0.2, -0.15) is 0 Å². The van der Waals surface area contributed by atoms with E-state index in [0.717, 1.165) is 12.5 Å². The van der Waals surface area contributed by atoms with Gasteiger partial charge in [-0.3, -0.25) is 0 Å². The summed E-state index contributed by atoms with van der Waals surface area (Å²) in [5.74, 6) is 0. The molecule has 0 amide bonds. The van der Waals surface area contributed by atoms with Gasteiger partial charge < -0.3 is 15.3 Å². The summed E-state index contributed by atoms with van der Waals surface area (Å²) in [5, 5.41) is 13.1. The minimum atomic E-state index is -0.122. The minimum Gasteiger partial charge on any atom is -0.394 e. The molecule has 114 valence electrons. The molecule has 0 saturated carbocycles. The zero-order valence-corrected chi connectivity index (χ0v) is 13.4. The number of hydrogen-bond acceptors (Lipinski definition) is 3. The summed E-state index contributed by atoms with van der Waals surface area (Å²) in [6.45, 7) is 11.4. The Hall–Kier alpha value is -0.120. The highest BCUT2D eigenvalue weighted by molar-refractivity contribution is 4.84. The van der Waals surface area contributed by atoms with Crippen LogP contribution in [0.1, 0.15) is 66.2 Å². The van der Waals surface area contributed by atoms with Crippen molar-refractivity contribution in [3.05, 3.63) is 0 Å². The average Bonchev–Trinajstić information content (AvgIpc) is 2.54. The number of rotatable bonds is 7. The van der Waals surface area contributed by atoms with E-state index < -0.39 is 0 Å². The summed E-state index contributed by atoms with van der Waals surface area (Å²) in [5.41, 5.74) is -0.122. The Morgan fingerprint density at radius 3 is 2.68 bits per heavy atom. The van der Waals surface area contributed by atoms with Crippen LogP contribution in [0.5, 0.6) is 0 Å². The number of nitrogens with one attached hydrogen (secondary N) is 1. The molecule has 2 atom stereocenters. The minimum absolute atomic E-state index is 0.122. The Balaban J connectivity index is 2.34. The van der Waals surface area contributed by atoms with Gasteiger partial charge in [0.1, 0.15) is 0 Å². The molecule has 0 aromatic carbocycles. The zero-order valence-electron chi connectivity index (χ0n) is 13.4. The van der Waals surface area contributed by atoms with Crippen LogP contribution in [0.4, 0.5) is 0 Å². The molecule has 19 heavy (non-hydrogen) atoms. The van der Waals surface area contributed by atoms with E-state index in [1.165, 1.54) is 45.2 Å². The lowest BCUT2D eigenvalue weighted by atomic mass is 9.95. The molecule has 3 nitrogen and oxygen atoms in total. The van der Waals surface area contributed by atoms with Gasteiger partial charge in [0.2, 0.25) is 0 Å². The van der Waals surface area contributed by atoms with Gasteiger partial charge >= 0.3 is 0 Å². The predicted molar refractivity (Wildman–Crippen MR) is 82.5 cm³/mol. The smallest absolute Gasteiger partial charge is 0.0610 e. The number of hydrogen-bond donors (Lipinski definition) is 2. The summed E-state index contributed by atoms with van der Waals surface area (Å²) in [4.78, 5) is 2.64. The molecule has 1 aliphatic rings. The molecule has 1 aliphatic heterocycles. The van der Waals surface area contributed by atoms with Crippen LogP contribution in [-0.4, -0.2) is 47.3 Å². The lowest BCUT2D eigenvalue weighted by Gasteiger charge is -2.33. The van der Waals surface area contributed by atoms with Gasteiger partial charge in [0.05, 0.1) is 6.61 Å². The van der Waals surface area contributed by atoms with Crippen molar-refractivity contribution in [1.82, 2.24) is 10.2 Å². The van der Waals surface area contributed by atoms with E-state index in [-0.39, 0.29) is 12.1 Å². The van der Waals surface area contributed by atoms with Crippen LogP contribution < -0.4 is 5.32 Å². The van der Waals surface area contributed by atoms with Crippen molar-refractivity contribution in [3.63, 3.8) is 0 Å². The molecular weight excluding hydrogens is 236 g/mol. The quantitative estimate of drug-likeness (QED) is 0.747. The van der Waals surface area contributed by atoms with E-state index in [4.69, 9.17) is 0 Å². The molecule has 2 unspecified atom stereocenters. The standard InChI is InChI=1S/C16H34N2O/c1-14(2)17-16(4,13-19)10-8-12-18-11-7-5-6-9-15(18)3/h14-15,17,19H,5-13H2,1-4H3. The highest BCUT2D eigenvalue weighted by Crippen LogP contribution is 2.19. The normalized spacial score (nSPS) is 25.3. The Kier molecular flexibility index (Phi) is 7.33. The molecule has 0 aromatic rings. The molecule has 0 aromatic heterocycles. The molecule has 1 fully saturated rings. The van der Waals surface area contributed by atoms with Crippen LogP contribution in [0.15, 0.2) is 0 Å². The largest absolute Gasteiger partial charge is 0.394 e. The first-order valence-electron chi connectivity index (χ1n) is 8.09. The van der Waals surface area contributed by atoms with Crippen molar-refractivity contribution >= 4 is 0 Å². The van der Waals surface area contributed by atoms with Gasteiger partial charge in [0.25, 0.3) is 0 Å². The van der Waals surface area contributed by atoms with Crippen molar-refractivity contribution in [2.75, 3.05) is 19.7 Å². The third kappa shape index (κ3) is 6.24. The highest BCUT2D eigenvalue weighted by Gasteiger charge is 2.24. The second-order valence-electron chi connectivity index (χ2n) is 6.86. The Labute approximate surface area is 119 Å². The number of aliphatic hydroxyl groups excluding tert-OH is 1. The summed E-state index contributed by atoms with van der Waals surface area (Å²) < 4.78 is 0. The molecule has 1 saturated heterocycles. The SMILES string of the molecule is CC(C)NC(C)(CO)CCCN1CCCCCC1C. The van der Waals surface area contributed by atoms with E-state index in [2.05, 4.69) is 37.9 Å². The van der Waals surface area contributed by atoms with Gasteiger partial charge in [0.15, 0.2) is 0 Å². The first kappa shape index (κ1) is 16.9. The van der Waals surface area contributed by atoms with Gasteiger partial charge in [-0.05, 0) is 52.6 Å². The molecule has 0 spiro atoms. The van der Waals surface area contributed by atoms with Gasteiger partial charge in [-0.15, -0.1) is 0 Å².